The van der Waals surface area contributed by atoms with E-state index in [9.17, 15) is 9.59 Å². The van der Waals surface area contributed by atoms with Crippen LogP contribution in [0.15, 0.2) is 24.3 Å². The van der Waals surface area contributed by atoms with Gasteiger partial charge >= 0.3 is 12.0 Å². The number of carbonyl (C=O) groups excluding carboxylic acids is 1. The number of thiazole rings is 1. The molecular formula is C16H19N3O3S. The summed E-state index contributed by atoms with van der Waals surface area (Å²) < 4.78 is 0. The summed E-state index contributed by atoms with van der Waals surface area (Å²) >= 11 is 1.43. The lowest BCUT2D eigenvalue weighted by Gasteiger charge is -2.03. The summed E-state index contributed by atoms with van der Waals surface area (Å²) in [6.45, 7) is 4.04. The Labute approximate surface area is 138 Å². The van der Waals surface area contributed by atoms with Crippen LogP contribution in [0.1, 0.15) is 28.1 Å². The molecule has 0 saturated heterocycles. The molecule has 0 saturated carbocycles. The van der Waals surface area contributed by atoms with Crippen molar-refractivity contribution in [3.8, 4) is 0 Å². The number of carboxylic acids is 1. The number of hydrogen-bond donors (Lipinski definition) is 3. The Kier molecular flexibility index (Phi) is 5.70. The summed E-state index contributed by atoms with van der Waals surface area (Å²) in [5.41, 5.74) is 3.30. The van der Waals surface area contributed by atoms with E-state index >= 15 is 0 Å². The lowest BCUT2D eigenvalue weighted by Crippen LogP contribution is -2.30. The van der Waals surface area contributed by atoms with Gasteiger partial charge in [0.15, 0.2) is 5.13 Å². The minimum Gasteiger partial charge on any atom is -0.481 e. The number of hydrogen-bond acceptors (Lipinski definition) is 4. The van der Waals surface area contributed by atoms with Gasteiger partial charge in [-0.1, -0.05) is 29.8 Å². The number of amides is 2. The predicted molar refractivity (Wildman–Crippen MR) is 90.1 cm³/mol. The zero-order valence-electron chi connectivity index (χ0n) is 13.0. The van der Waals surface area contributed by atoms with E-state index in [0.29, 0.717) is 5.13 Å². The summed E-state index contributed by atoms with van der Waals surface area (Å²) in [6, 6.07) is 7.86. The monoisotopic (exact) mass is 333 g/mol. The van der Waals surface area contributed by atoms with Crippen molar-refractivity contribution in [2.45, 2.75) is 26.7 Å². The molecule has 1 heterocycles. The number of aromatic nitrogens is 1. The fourth-order valence-corrected chi connectivity index (χ4v) is 2.95. The highest BCUT2D eigenvalue weighted by molar-refractivity contribution is 7.15. The van der Waals surface area contributed by atoms with Crippen LogP contribution in [0.5, 0.6) is 0 Å². The molecule has 23 heavy (non-hydrogen) atoms. The van der Waals surface area contributed by atoms with E-state index in [-0.39, 0.29) is 13.0 Å². The van der Waals surface area contributed by atoms with Crippen LogP contribution < -0.4 is 10.6 Å². The quantitative estimate of drug-likeness (QED) is 0.758. The van der Waals surface area contributed by atoms with Gasteiger partial charge in [0.05, 0.1) is 12.1 Å². The summed E-state index contributed by atoms with van der Waals surface area (Å²) in [7, 11) is 0. The summed E-state index contributed by atoms with van der Waals surface area (Å²) in [5.74, 6) is -0.948. The van der Waals surface area contributed by atoms with Crippen molar-refractivity contribution < 1.29 is 14.7 Å². The van der Waals surface area contributed by atoms with Crippen molar-refractivity contribution >= 4 is 28.5 Å². The van der Waals surface area contributed by atoms with Crippen molar-refractivity contribution in [3.63, 3.8) is 0 Å². The Hall–Kier alpha value is -2.41. The van der Waals surface area contributed by atoms with E-state index in [1.165, 1.54) is 22.5 Å². The van der Waals surface area contributed by atoms with Crippen LogP contribution in [0.4, 0.5) is 9.93 Å². The number of anilines is 1. The SMILES string of the molecule is Cc1ccc(Cc2sc(NC(=O)NCCC(=O)O)nc2C)cc1. The number of carbonyl (C=O) groups is 2. The van der Waals surface area contributed by atoms with E-state index in [2.05, 4.69) is 39.9 Å². The second-order valence-electron chi connectivity index (χ2n) is 5.21. The van der Waals surface area contributed by atoms with E-state index < -0.39 is 12.0 Å². The fraction of sp³-hybridized carbons (Fsp3) is 0.312. The summed E-state index contributed by atoms with van der Waals surface area (Å²) in [4.78, 5) is 27.5. The molecule has 0 spiro atoms. The predicted octanol–water partition coefficient (Wildman–Crippen LogP) is 2.95. The summed E-state index contributed by atoms with van der Waals surface area (Å²) in [5, 5.41) is 14.2. The maximum Gasteiger partial charge on any atom is 0.321 e. The molecule has 0 bridgehead atoms. The highest BCUT2D eigenvalue weighted by Crippen LogP contribution is 2.25. The third-order valence-electron chi connectivity index (χ3n) is 3.22. The number of aliphatic carboxylic acids is 1. The number of aryl methyl sites for hydroxylation is 2. The Balaban J connectivity index is 1.93. The number of carboxylic acid groups (broad SMARTS) is 1. The Morgan fingerprint density at radius 2 is 1.91 bits per heavy atom. The Morgan fingerprint density at radius 1 is 1.22 bits per heavy atom. The van der Waals surface area contributed by atoms with Gasteiger partial charge in [0, 0.05) is 17.8 Å². The van der Waals surface area contributed by atoms with Crippen LogP contribution in [-0.2, 0) is 11.2 Å². The number of urea groups is 1. The molecule has 0 radical (unpaired) electrons. The van der Waals surface area contributed by atoms with Crippen molar-refractivity contribution in [1.29, 1.82) is 0 Å². The minimum absolute atomic E-state index is 0.0851. The van der Waals surface area contributed by atoms with Crippen LogP contribution in [0, 0.1) is 13.8 Å². The van der Waals surface area contributed by atoms with Crippen molar-refractivity contribution in [3.05, 3.63) is 46.0 Å². The maximum absolute atomic E-state index is 11.7. The van der Waals surface area contributed by atoms with Gasteiger partial charge in [-0.05, 0) is 19.4 Å². The molecule has 0 aliphatic rings. The van der Waals surface area contributed by atoms with Crippen LogP contribution in [0.25, 0.3) is 0 Å². The second-order valence-corrected chi connectivity index (χ2v) is 6.30. The van der Waals surface area contributed by atoms with E-state index in [0.717, 1.165) is 17.0 Å². The van der Waals surface area contributed by atoms with E-state index in [1.807, 2.05) is 13.8 Å². The van der Waals surface area contributed by atoms with Crippen LogP contribution in [0.2, 0.25) is 0 Å². The minimum atomic E-state index is -0.948. The second kappa shape index (κ2) is 7.73. The first-order valence-electron chi connectivity index (χ1n) is 7.22. The smallest absolute Gasteiger partial charge is 0.321 e. The molecule has 2 rings (SSSR count). The van der Waals surface area contributed by atoms with Gasteiger partial charge in [0.1, 0.15) is 0 Å². The topological polar surface area (TPSA) is 91.3 Å². The highest BCUT2D eigenvalue weighted by atomic mass is 32.1. The molecule has 6 nitrogen and oxygen atoms in total. The van der Waals surface area contributed by atoms with E-state index in [4.69, 9.17) is 5.11 Å². The van der Waals surface area contributed by atoms with Gasteiger partial charge in [-0.2, -0.15) is 0 Å². The van der Waals surface area contributed by atoms with Crippen molar-refractivity contribution in [1.82, 2.24) is 10.3 Å². The molecule has 1 aromatic carbocycles. The normalized spacial score (nSPS) is 10.3. The zero-order valence-corrected chi connectivity index (χ0v) is 13.9. The number of nitrogens with zero attached hydrogens (tertiary/aromatic N) is 1. The first kappa shape index (κ1) is 17.0. The van der Waals surface area contributed by atoms with Gasteiger partial charge in [0.2, 0.25) is 0 Å². The van der Waals surface area contributed by atoms with Gasteiger partial charge in [-0.3, -0.25) is 10.1 Å². The molecule has 2 amide bonds. The molecule has 122 valence electrons. The highest BCUT2D eigenvalue weighted by Gasteiger charge is 2.11. The third-order valence-corrected chi connectivity index (χ3v) is 4.30. The van der Waals surface area contributed by atoms with Crippen LogP contribution in [-0.4, -0.2) is 28.6 Å². The van der Waals surface area contributed by atoms with Crippen LogP contribution >= 0.6 is 11.3 Å². The molecule has 7 heteroatoms. The fourth-order valence-electron chi connectivity index (χ4n) is 1.96. The lowest BCUT2D eigenvalue weighted by molar-refractivity contribution is -0.136. The van der Waals surface area contributed by atoms with Gasteiger partial charge in [-0.25, -0.2) is 9.78 Å². The first-order chi connectivity index (χ1) is 10.9. The number of benzene rings is 1. The first-order valence-corrected chi connectivity index (χ1v) is 8.04. The van der Waals surface area contributed by atoms with Crippen molar-refractivity contribution in [2.75, 3.05) is 11.9 Å². The molecule has 0 unspecified atom stereocenters. The molecule has 1 aromatic heterocycles. The third kappa shape index (κ3) is 5.37. The van der Waals surface area contributed by atoms with Crippen LogP contribution in [0.3, 0.4) is 0 Å². The molecule has 2 aromatic rings. The van der Waals surface area contributed by atoms with E-state index in [1.54, 1.807) is 0 Å². The number of nitrogens with one attached hydrogen (secondary N) is 2. The molecule has 0 aliphatic carbocycles. The Bertz CT molecular complexity index is 695. The Morgan fingerprint density at radius 3 is 2.57 bits per heavy atom. The largest absolute Gasteiger partial charge is 0.481 e. The molecule has 3 N–H and O–H groups in total. The zero-order chi connectivity index (χ0) is 16.8. The van der Waals surface area contributed by atoms with Gasteiger partial charge in [0.25, 0.3) is 0 Å². The molecule has 0 atom stereocenters. The standard InChI is InChI=1S/C16H19N3O3S/c1-10-3-5-12(6-4-10)9-13-11(2)18-16(23-13)19-15(22)17-8-7-14(20)21/h3-6H,7-9H2,1-2H3,(H,20,21)(H2,17,18,19,22). The lowest BCUT2D eigenvalue weighted by atomic mass is 10.1. The molecular weight excluding hydrogens is 314 g/mol. The van der Waals surface area contributed by atoms with Gasteiger partial charge in [-0.15, -0.1) is 11.3 Å². The molecule has 0 aliphatic heterocycles. The number of rotatable bonds is 6. The molecule has 0 fully saturated rings. The van der Waals surface area contributed by atoms with Crippen molar-refractivity contribution in [2.24, 2.45) is 0 Å². The average Bonchev–Trinajstić information content (AvgIpc) is 2.80. The summed E-state index contributed by atoms with van der Waals surface area (Å²) in [6.07, 6.45) is 0.662. The average molecular weight is 333 g/mol. The maximum atomic E-state index is 11.7. The van der Waals surface area contributed by atoms with Gasteiger partial charge < -0.3 is 10.4 Å².